The number of methoxy groups -OCH3 is 2. The lowest BCUT2D eigenvalue weighted by Crippen LogP contribution is -2.22. The molecule has 7 nitrogen and oxygen atoms in total. The molecule has 0 aromatic heterocycles. The number of carbonyl (C=O) groups excluding carboxylic acids is 1. The van der Waals surface area contributed by atoms with Gasteiger partial charge in [0, 0.05) is 17.5 Å². The zero-order valence-electron chi connectivity index (χ0n) is 17.5. The summed E-state index contributed by atoms with van der Waals surface area (Å²) in [6, 6.07) is 12.9. The molecule has 4 rings (SSSR count). The summed E-state index contributed by atoms with van der Waals surface area (Å²) in [4.78, 5) is 12.3. The van der Waals surface area contributed by atoms with Crippen LogP contribution in [-0.4, -0.2) is 35.5 Å². The quantitative estimate of drug-likeness (QED) is 0.310. The number of rotatable bonds is 5. The Labute approximate surface area is 184 Å². The number of carbonyl (C=O) groups is 1. The van der Waals surface area contributed by atoms with Crippen LogP contribution < -0.4 is 14.2 Å². The molecule has 0 saturated carbocycles. The number of ether oxygens (including phenoxy) is 3. The van der Waals surface area contributed by atoms with Crippen LogP contribution in [0.4, 0.5) is 0 Å². The fourth-order valence-electron chi connectivity index (χ4n) is 3.84. The Kier molecular flexibility index (Phi) is 5.64. The summed E-state index contributed by atoms with van der Waals surface area (Å²) in [6.07, 6.45) is 3.70. The Bertz CT molecular complexity index is 1210. The minimum Gasteiger partial charge on any atom is -0.508 e. The second-order valence-electron chi connectivity index (χ2n) is 7.37. The third-order valence-electron chi connectivity index (χ3n) is 5.37. The minimum absolute atomic E-state index is 0.00182. The van der Waals surface area contributed by atoms with Crippen LogP contribution in [0.5, 0.6) is 34.5 Å². The highest BCUT2D eigenvalue weighted by Gasteiger charge is 2.31. The van der Waals surface area contributed by atoms with Gasteiger partial charge in [0.1, 0.15) is 11.5 Å². The van der Waals surface area contributed by atoms with Crippen molar-refractivity contribution in [1.29, 1.82) is 0 Å². The van der Waals surface area contributed by atoms with Gasteiger partial charge in [-0.25, -0.2) is 0 Å². The van der Waals surface area contributed by atoms with Crippen molar-refractivity contribution in [2.24, 2.45) is 0 Å². The van der Waals surface area contributed by atoms with Crippen molar-refractivity contribution < 1.29 is 34.3 Å². The average molecular weight is 434 g/mol. The zero-order chi connectivity index (χ0) is 22.8. The molecule has 0 fully saturated rings. The van der Waals surface area contributed by atoms with Crippen LogP contribution in [0.15, 0.2) is 48.5 Å². The first kappa shape index (κ1) is 21.1. The maximum Gasteiger partial charge on any atom is 0.312 e. The van der Waals surface area contributed by atoms with E-state index in [0.717, 1.165) is 16.7 Å². The Morgan fingerprint density at radius 1 is 0.906 bits per heavy atom. The van der Waals surface area contributed by atoms with Gasteiger partial charge in [0.2, 0.25) is 0 Å². The van der Waals surface area contributed by atoms with Crippen molar-refractivity contribution in [3.05, 3.63) is 70.8 Å². The summed E-state index contributed by atoms with van der Waals surface area (Å²) in [7, 11) is 2.93. The van der Waals surface area contributed by atoms with Gasteiger partial charge >= 0.3 is 5.97 Å². The van der Waals surface area contributed by atoms with Gasteiger partial charge in [-0.3, -0.25) is 4.79 Å². The molecular weight excluding hydrogens is 412 g/mol. The summed E-state index contributed by atoms with van der Waals surface area (Å²) in [6.45, 7) is 0. The van der Waals surface area contributed by atoms with E-state index in [2.05, 4.69) is 0 Å². The summed E-state index contributed by atoms with van der Waals surface area (Å²) < 4.78 is 15.8. The molecule has 0 aliphatic carbocycles. The van der Waals surface area contributed by atoms with Crippen LogP contribution in [0, 0.1) is 0 Å². The molecule has 3 aromatic carbocycles. The van der Waals surface area contributed by atoms with E-state index in [1.807, 2.05) is 6.08 Å². The highest BCUT2D eigenvalue weighted by atomic mass is 16.5. The summed E-state index contributed by atoms with van der Waals surface area (Å²) in [5, 5.41) is 30.0. The molecule has 0 radical (unpaired) electrons. The van der Waals surface area contributed by atoms with Gasteiger partial charge in [-0.05, 0) is 47.0 Å². The number of esters is 1. The van der Waals surface area contributed by atoms with Crippen molar-refractivity contribution in [3.8, 4) is 34.5 Å². The number of phenols is 3. The van der Waals surface area contributed by atoms with Gasteiger partial charge in [-0.1, -0.05) is 24.3 Å². The monoisotopic (exact) mass is 434 g/mol. The predicted molar refractivity (Wildman–Crippen MR) is 118 cm³/mol. The number of phenolic OH excluding ortho intramolecular Hbond substituents is 3. The molecule has 0 bridgehead atoms. The molecule has 164 valence electrons. The molecule has 3 N–H and O–H groups in total. The van der Waals surface area contributed by atoms with Gasteiger partial charge in [0.25, 0.3) is 0 Å². The van der Waals surface area contributed by atoms with Crippen molar-refractivity contribution in [2.45, 2.75) is 12.3 Å². The van der Waals surface area contributed by atoms with Crippen LogP contribution in [0.25, 0.3) is 12.2 Å². The molecule has 0 amide bonds. The van der Waals surface area contributed by atoms with Crippen LogP contribution in [-0.2, 0) is 4.79 Å². The molecule has 32 heavy (non-hydrogen) atoms. The Morgan fingerprint density at radius 3 is 2.31 bits per heavy atom. The Morgan fingerprint density at radius 2 is 1.59 bits per heavy atom. The third kappa shape index (κ3) is 4.05. The molecule has 0 saturated heterocycles. The lowest BCUT2D eigenvalue weighted by molar-refractivity contribution is -0.135. The van der Waals surface area contributed by atoms with Gasteiger partial charge in [-0.2, -0.15) is 0 Å². The number of fused-ring (bicyclic) bond motifs is 1. The largest absolute Gasteiger partial charge is 0.508 e. The van der Waals surface area contributed by atoms with Gasteiger partial charge in [0.05, 0.1) is 20.6 Å². The summed E-state index contributed by atoms with van der Waals surface area (Å²) in [5.74, 6) is 0.135. The van der Waals surface area contributed by atoms with E-state index in [4.69, 9.17) is 14.2 Å². The average Bonchev–Trinajstić information content (AvgIpc) is 2.77. The number of hydrogen-bond donors (Lipinski definition) is 3. The first-order valence-electron chi connectivity index (χ1n) is 9.89. The van der Waals surface area contributed by atoms with Crippen LogP contribution in [0.2, 0.25) is 0 Å². The molecule has 1 aliphatic rings. The molecule has 1 heterocycles. The molecule has 3 aromatic rings. The van der Waals surface area contributed by atoms with E-state index >= 15 is 0 Å². The number of hydrogen-bond acceptors (Lipinski definition) is 7. The van der Waals surface area contributed by atoms with Crippen LogP contribution in [0.3, 0.4) is 0 Å². The first-order valence-corrected chi connectivity index (χ1v) is 9.89. The van der Waals surface area contributed by atoms with Crippen molar-refractivity contribution >= 4 is 18.1 Å². The van der Waals surface area contributed by atoms with Gasteiger partial charge in [-0.15, -0.1) is 0 Å². The van der Waals surface area contributed by atoms with E-state index in [1.165, 1.54) is 32.4 Å². The molecule has 7 heteroatoms. The van der Waals surface area contributed by atoms with E-state index in [0.29, 0.717) is 17.1 Å². The molecule has 1 aliphatic heterocycles. The lowest BCUT2D eigenvalue weighted by Gasteiger charge is -2.27. The van der Waals surface area contributed by atoms with E-state index < -0.39 is 5.97 Å². The highest BCUT2D eigenvalue weighted by molar-refractivity contribution is 5.82. The fourth-order valence-corrected chi connectivity index (χ4v) is 3.84. The second-order valence-corrected chi connectivity index (χ2v) is 7.37. The summed E-state index contributed by atoms with van der Waals surface area (Å²) in [5.41, 5.74) is 2.94. The second kappa shape index (κ2) is 8.55. The van der Waals surface area contributed by atoms with E-state index in [-0.39, 0.29) is 35.3 Å². The van der Waals surface area contributed by atoms with Crippen molar-refractivity contribution in [1.82, 2.24) is 0 Å². The van der Waals surface area contributed by atoms with Crippen LogP contribution in [0.1, 0.15) is 34.6 Å². The number of aromatic hydroxyl groups is 3. The van der Waals surface area contributed by atoms with Gasteiger partial charge in [0.15, 0.2) is 23.0 Å². The molecular formula is C25H22O7. The van der Waals surface area contributed by atoms with Crippen molar-refractivity contribution in [3.63, 3.8) is 0 Å². The SMILES string of the molecule is COc1cc(C=Cc2cc(O)cc3c2C(c2ccc(O)c(OC)c2)CC(=O)O3)ccc1O. The molecule has 0 spiro atoms. The topological polar surface area (TPSA) is 105 Å². The third-order valence-corrected chi connectivity index (χ3v) is 5.37. The lowest BCUT2D eigenvalue weighted by atomic mass is 9.83. The smallest absolute Gasteiger partial charge is 0.312 e. The predicted octanol–water partition coefficient (Wildman–Crippen LogP) is 4.43. The normalized spacial score (nSPS) is 15.3. The maximum atomic E-state index is 12.3. The number of benzene rings is 3. The van der Waals surface area contributed by atoms with E-state index in [1.54, 1.807) is 36.4 Å². The molecule has 1 unspecified atom stereocenters. The standard InChI is InChI=1S/C25H22O7/c1-30-21-9-14(4-7-19(21)27)3-5-16-10-17(26)12-23-25(16)18(13-24(29)32-23)15-6-8-20(28)22(11-15)31-2/h3-12,18,26-28H,13H2,1-2H3. The fraction of sp³-hybridized carbons (Fsp3) is 0.160. The molecule has 1 atom stereocenters. The first-order chi connectivity index (χ1) is 15.4. The van der Waals surface area contributed by atoms with E-state index in [9.17, 15) is 20.1 Å². The maximum absolute atomic E-state index is 12.3. The minimum atomic E-state index is -0.418. The van der Waals surface area contributed by atoms with Crippen molar-refractivity contribution in [2.75, 3.05) is 14.2 Å². The Hall–Kier alpha value is -4.13. The van der Waals surface area contributed by atoms with Gasteiger partial charge < -0.3 is 29.5 Å². The van der Waals surface area contributed by atoms with Crippen LogP contribution >= 0.6 is 0 Å². The summed E-state index contributed by atoms with van der Waals surface area (Å²) >= 11 is 0. The Balaban J connectivity index is 1.81. The zero-order valence-corrected chi connectivity index (χ0v) is 17.5. The highest BCUT2D eigenvalue weighted by Crippen LogP contribution is 2.45.